The zero-order chi connectivity index (χ0) is 11.7. The van der Waals surface area contributed by atoms with E-state index >= 15 is 0 Å². The maximum absolute atomic E-state index is 12.0. The topological polar surface area (TPSA) is 33.2 Å². The molecule has 0 aromatic carbocycles. The molecule has 6 heteroatoms. The van der Waals surface area contributed by atoms with E-state index in [0.29, 0.717) is 14.9 Å². The molecule has 0 aliphatic heterocycles. The summed E-state index contributed by atoms with van der Waals surface area (Å²) < 4.78 is 0.617. The van der Waals surface area contributed by atoms with E-state index in [4.69, 9.17) is 11.6 Å². The monoisotopic (exact) mass is 272 g/mol. The minimum atomic E-state index is -0.0683. The number of ketones is 1. The standard InChI is InChI=1S/C10H9ClN2OS2/c1-13(2)10-12-6(5-15-10)9(14)7-3-4-8(11)16-7/h3-5H,1-2H3. The van der Waals surface area contributed by atoms with Crippen molar-refractivity contribution in [2.45, 2.75) is 0 Å². The Kier molecular flexibility index (Phi) is 3.28. The molecule has 2 aromatic heterocycles. The average molecular weight is 273 g/mol. The maximum Gasteiger partial charge on any atom is 0.222 e. The molecule has 0 saturated carbocycles. The number of carbonyl (C=O) groups is 1. The summed E-state index contributed by atoms with van der Waals surface area (Å²) in [6, 6.07) is 3.45. The van der Waals surface area contributed by atoms with Crippen LogP contribution in [-0.4, -0.2) is 24.9 Å². The van der Waals surface area contributed by atoms with Crippen molar-refractivity contribution in [2.24, 2.45) is 0 Å². The molecule has 0 spiro atoms. The van der Waals surface area contributed by atoms with Gasteiger partial charge in [-0.25, -0.2) is 4.98 Å². The van der Waals surface area contributed by atoms with E-state index in [0.717, 1.165) is 5.13 Å². The Hall–Kier alpha value is -0.910. The molecule has 0 saturated heterocycles. The molecule has 2 aromatic rings. The number of anilines is 1. The predicted molar refractivity (Wildman–Crippen MR) is 69.2 cm³/mol. The van der Waals surface area contributed by atoms with Gasteiger partial charge in [0.2, 0.25) is 5.78 Å². The van der Waals surface area contributed by atoms with E-state index in [2.05, 4.69) is 4.98 Å². The van der Waals surface area contributed by atoms with Crippen molar-refractivity contribution in [1.82, 2.24) is 4.98 Å². The van der Waals surface area contributed by atoms with Crippen molar-refractivity contribution < 1.29 is 4.79 Å². The van der Waals surface area contributed by atoms with Crippen molar-refractivity contribution in [3.63, 3.8) is 0 Å². The second-order valence-electron chi connectivity index (χ2n) is 3.34. The Morgan fingerprint density at radius 1 is 1.44 bits per heavy atom. The third-order valence-electron chi connectivity index (χ3n) is 1.90. The van der Waals surface area contributed by atoms with Gasteiger partial charge in [0.15, 0.2) is 5.13 Å². The fraction of sp³-hybridized carbons (Fsp3) is 0.200. The Balaban J connectivity index is 2.27. The number of halogens is 1. The molecule has 0 unspecified atom stereocenters. The molecule has 0 aliphatic rings. The van der Waals surface area contributed by atoms with Gasteiger partial charge in [-0.05, 0) is 12.1 Å². The normalized spacial score (nSPS) is 10.4. The van der Waals surface area contributed by atoms with E-state index in [-0.39, 0.29) is 5.78 Å². The van der Waals surface area contributed by atoms with Gasteiger partial charge < -0.3 is 4.90 Å². The summed E-state index contributed by atoms with van der Waals surface area (Å²) in [4.78, 5) is 18.7. The Morgan fingerprint density at radius 3 is 2.69 bits per heavy atom. The van der Waals surface area contributed by atoms with Crippen molar-refractivity contribution in [3.05, 3.63) is 32.4 Å². The molecular weight excluding hydrogens is 264 g/mol. The summed E-state index contributed by atoms with van der Waals surface area (Å²) in [6.45, 7) is 0. The zero-order valence-corrected chi connectivity index (χ0v) is 11.1. The highest BCUT2D eigenvalue weighted by atomic mass is 35.5. The van der Waals surface area contributed by atoms with E-state index in [1.54, 1.807) is 17.5 Å². The van der Waals surface area contributed by atoms with Gasteiger partial charge >= 0.3 is 0 Å². The van der Waals surface area contributed by atoms with Crippen LogP contribution in [0.3, 0.4) is 0 Å². The van der Waals surface area contributed by atoms with E-state index in [1.807, 2.05) is 19.0 Å². The smallest absolute Gasteiger partial charge is 0.222 e. The first kappa shape index (κ1) is 11.6. The number of carbonyl (C=O) groups excluding carboxylic acids is 1. The second-order valence-corrected chi connectivity index (χ2v) is 5.89. The Labute approximate surface area is 106 Å². The number of nitrogens with zero attached hydrogens (tertiary/aromatic N) is 2. The van der Waals surface area contributed by atoms with Gasteiger partial charge in [-0.2, -0.15) is 0 Å². The van der Waals surface area contributed by atoms with Crippen LogP contribution in [0.2, 0.25) is 4.34 Å². The minimum Gasteiger partial charge on any atom is -0.354 e. The largest absolute Gasteiger partial charge is 0.354 e. The number of thiazole rings is 1. The van der Waals surface area contributed by atoms with Crippen molar-refractivity contribution >= 4 is 45.2 Å². The molecule has 2 rings (SSSR count). The Bertz CT molecular complexity index is 518. The maximum atomic E-state index is 12.0. The molecule has 0 amide bonds. The molecule has 0 atom stereocenters. The molecule has 16 heavy (non-hydrogen) atoms. The zero-order valence-electron chi connectivity index (χ0n) is 8.73. The molecule has 0 aliphatic carbocycles. The molecule has 2 heterocycles. The number of hydrogen-bond acceptors (Lipinski definition) is 5. The van der Waals surface area contributed by atoms with E-state index in [9.17, 15) is 4.79 Å². The first-order valence-corrected chi connectivity index (χ1v) is 6.58. The second kappa shape index (κ2) is 4.53. The molecular formula is C10H9ClN2OS2. The van der Waals surface area contributed by atoms with Gasteiger partial charge in [0.1, 0.15) is 5.69 Å². The first-order valence-electron chi connectivity index (χ1n) is 4.51. The predicted octanol–water partition coefficient (Wildman–Crippen LogP) is 3.16. The van der Waals surface area contributed by atoms with Crippen LogP contribution in [-0.2, 0) is 0 Å². The van der Waals surface area contributed by atoms with Crippen molar-refractivity contribution in [2.75, 3.05) is 19.0 Å². The molecule has 84 valence electrons. The summed E-state index contributed by atoms with van der Waals surface area (Å²) in [5, 5.41) is 2.59. The van der Waals surface area contributed by atoms with Gasteiger partial charge in [-0.3, -0.25) is 4.79 Å². The lowest BCUT2D eigenvalue weighted by Crippen LogP contribution is -2.09. The molecule has 0 radical (unpaired) electrons. The Morgan fingerprint density at radius 2 is 2.19 bits per heavy atom. The van der Waals surface area contributed by atoms with Crippen molar-refractivity contribution in [3.8, 4) is 0 Å². The van der Waals surface area contributed by atoms with Gasteiger partial charge in [0.25, 0.3) is 0 Å². The van der Waals surface area contributed by atoms with Crippen LogP contribution in [0.15, 0.2) is 17.5 Å². The minimum absolute atomic E-state index is 0.0683. The lowest BCUT2D eigenvalue weighted by molar-refractivity contribution is 0.103. The SMILES string of the molecule is CN(C)c1nc(C(=O)c2ccc(Cl)s2)cs1. The highest BCUT2D eigenvalue weighted by molar-refractivity contribution is 7.18. The number of hydrogen-bond donors (Lipinski definition) is 0. The number of aromatic nitrogens is 1. The van der Waals surface area contributed by atoms with Gasteiger partial charge in [0.05, 0.1) is 9.21 Å². The number of rotatable bonds is 3. The molecule has 0 fully saturated rings. The van der Waals surface area contributed by atoms with Crippen molar-refractivity contribution in [1.29, 1.82) is 0 Å². The lowest BCUT2D eigenvalue weighted by atomic mass is 10.3. The molecule has 0 bridgehead atoms. The summed E-state index contributed by atoms with van der Waals surface area (Å²) in [6.07, 6.45) is 0. The van der Waals surface area contributed by atoms with Crippen LogP contribution in [0.4, 0.5) is 5.13 Å². The van der Waals surface area contributed by atoms with E-state index < -0.39 is 0 Å². The first-order chi connectivity index (χ1) is 7.58. The summed E-state index contributed by atoms with van der Waals surface area (Å²) in [5.41, 5.74) is 0.479. The fourth-order valence-electron chi connectivity index (χ4n) is 1.14. The summed E-state index contributed by atoms with van der Waals surface area (Å²) >= 11 is 8.52. The van der Waals surface area contributed by atoms with Gasteiger partial charge in [-0.1, -0.05) is 11.6 Å². The van der Waals surface area contributed by atoms with Crippen LogP contribution in [0.25, 0.3) is 0 Å². The average Bonchev–Trinajstić information content (AvgIpc) is 2.84. The molecule has 3 nitrogen and oxygen atoms in total. The van der Waals surface area contributed by atoms with Crippen LogP contribution >= 0.6 is 34.3 Å². The lowest BCUT2D eigenvalue weighted by Gasteiger charge is -2.05. The van der Waals surface area contributed by atoms with Crippen LogP contribution in [0, 0.1) is 0 Å². The van der Waals surface area contributed by atoms with E-state index in [1.165, 1.54) is 22.7 Å². The molecule has 0 N–H and O–H groups in total. The van der Waals surface area contributed by atoms with Gasteiger partial charge in [0, 0.05) is 19.5 Å². The van der Waals surface area contributed by atoms with Crippen LogP contribution < -0.4 is 4.90 Å². The quantitative estimate of drug-likeness (QED) is 0.805. The summed E-state index contributed by atoms with van der Waals surface area (Å²) in [5.74, 6) is -0.0683. The van der Waals surface area contributed by atoms with Crippen LogP contribution in [0.1, 0.15) is 15.4 Å². The van der Waals surface area contributed by atoms with Crippen LogP contribution in [0.5, 0.6) is 0 Å². The van der Waals surface area contributed by atoms with Gasteiger partial charge in [-0.15, -0.1) is 22.7 Å². The third kappa shape index (κ3) is 2.26. The highest BCUT2D eigenvalue weighted by Gasteiger charge is 2.15. The fourth-order valence-corrected chi connectivity index (χ4v) is 2.87. The number of thiophene rings is 1. The third-order valence-corrected chi connectivity index (χ3v) is 4.14. The summed E-state index contributed by atoms with van der Waals surface area (Å²) in [7, 11) is 3.80. The highest BCUT2D eigenvalue weighted by Crippen LogP contribution is 2.26.